The third-order valence-corrected chi connectivity index (χ3v) is 5.66. The lowest BCUT2D eigenvalue weighted by Crippen LogP contribution is -2.48. The molecule has 138 valence electrons. The highest BCUT2D eigenvalue weighted by Crippen LogP contribution is 2.37. The molecule has 0 spiro atoms. The number of aromatic nitrogens is 1. The van der Waals surface area contributed by atoms with Crippen LogP contribution in [0.2, 0.25) is 0 Å². The molecule has 0 aliphatic heterocycles. The van der Waals surface area contributed by atoms with Crippen LogP contribution in [0.1, 0.15) is 33.1 Å². The maximum absolute atomic E-state index is 12.4. The van der Waals surface area contributed by atoms with Crippen molar-refractivity contribution in [3.63, 3.8) is 0 Å². The molecule has 1 aliphatic carbocycles. The smallest absolute Gasteiger partial charge is 0.406 e. The third-order valence-electron chi connectivity index (χ3n) is 4.61. The minimum absolute atomic E-state index is 0.0248. The predicted molar refractivity (Wildman–Crippen MR) is 94.1 cm³/mol. The fourth-order valence-electron chi connectivity index (χ4n) is 2.73. The number of thiazole rings is 1. The van der Waals surface area contributed by atoms with Crippen LogP contribution in [0.5, 0.6) is 5.75 Å². The van der Waals surface area contributed by atoms with Crippen LogP contribution in [0.25, 0.3) is 10.2 Å². The Labute approximate surface area is 148 Å². The van der Waals surface area contributed by atoms with E-state index in [4.69, 9.17) is 5.73 Å². The first-order valence-electron chi connectivity index (χ1n) is 8.41. The van der Waals surface area contributed by atoms with E-state index in [1.807, 2.05) is 0 Å². The van der Waals surface area contributed by atoms with E-state index in [2.05, 4.69) is 28.5 Å². The fourth-order valence-corrected chi connectivity index (χ4v) is 3.81. The summed E-state index contributed by atoms with van der Waals surface area (Å²) in [5, 5.41) is 0.819. The van der Waals surface area contributed by atoms with E-state index in [0.29, 0.717) is 28.7 Å². The van der Waals surface area contributed by atoms with Crippen molar-refractivity contribution in [3.05, 3.63) is 18.2 Å². The number of ether oxygens (including phenoxy) is 1. The molecule has 1 aliphatic rings. The van der Waals surface area contributed by atoms with Gasteiger partial charge in [-0.1, -0.05) is 25.2 Å². The molecule has 1 heterocycles. The molecule has 1 fully saturated rings. The lowest BCUT2D eigenvalue weighted by Gasteiger charge is -2.39. The average molecular weight is 373 g/mol. The van der Waals surface area contributed by atoms with Crippen LogP contribution in [-0.2, 0) is 0 Å². The van der Waals surface area contributed by atoms with Gasteiger partial charge in [0.15, 0.2) is 5.13 Å². The van der Waals surface area contributed by atoms with Gasteiger partial charge in [-0.3, -0.25) is 0 Å². The van der Waals surface area contributed by atoms with E-state index in [9.17, 15) is 13.2 Å². The van der Waals surface area contributed by atoms with Crippen molar-refractivity contribution < 1.29 is 17.9 Å². The minimum atomic E-state index is -4.69. The van der Waals surface area contributed by atoms with Gasteiger partial charge in [-0.25, -0.2) is 4.98 Å². The monoisotopic (exact) mass is 373 g/mol. The van der Waals surface area contributed by atoms with E-state index in [-0.39, 0.29) is 11.8 Å². The molecular weight excluding hydrogens is 351 g/mol. The topological polar surface area (TPSA) is 51.4 Å². The summed E-state index contributed by atoms with van der Waals surface area (Å²) in [6, 6.07) is 4.70. The maximum Gasteiger partial charge on any atom is 0.573 e. The molecule has 25 heavy (non-hydrogen) atoms. The molecule has 0 amide bonds. The zero-order chi connectivity index (χ0) is 18.2. The van der Waals surface area contributed by atoms with Crippen molar-refractivity contribution in [2.75, 3.05) is 11.4 Å². The van der Waals surface area contributed by atoms with Crippen molar-refractivity contribution in [2.45, 2.75) is 51.6 Å². The first-order valence-corrected chi connectivity index (χ1v) is 9.23. The lowest BCUT2D eigenvalue weighted by molar-refractivity contribution is -0.274. The Hall–Kier alpha value is -1.54. The third kappa shape index (κ3) is 4.36. The number of halogens is 3. The highest BCUT2D eigenvalue weighted by atomic mass is 32.1. The van der Waals surface area contributed by atoms with Crippen LogP contribution in [0.15, 0.2) is 18.2 Å². The Morgan fingerprint density at radius 1 is 1.36 bits per heavy atom. The second-order valence-corrected chi connectivity index (χ2v) is 7.83. The van der Waals surface area contributed by atoms with Gasteiger partial charge in [0.05, 0.1) is 10.2 Å². The highest BCUT2D eigenvalue weighted by molar-refractivity contribution is 7.22. The van der Waals surface area contributed by atoms with Crippen LogP contribution >= 0.6 is 11.3 Å². The standard InChI is InChI=1S/C17H22F3N3OS/c1-10(2)13(21)9-23(11-4-3-5-11)16-22-14-7-6-12(8-15(14)25-16)24-17(18,19)20/h6-8,10-11,13H,3-5,9,21H2,1-2H3/t13-/m0/s1. The van der Waals surface area contributed by atoms with Crippen molar-refractivity contribution in [2.24, 2.45) is 11.7 Å². The normalized spacial score (nSPS) is 16.9. The van der Waals surface area contributed by atoms with E-state index >= 15 is 0 Å². The Morgan fingerprint density at radius 2 is 2.08 bits per heavy atom. The first-order chi connectivity index (χ1) is 11.7. The minimum Gasteiger partial charge on any atom is -0.406 e. The zero-order valence-electron chi connectivity index (χ0n) is 14.2. The predicted octanol–water partition coefficient (Wildman–Crippen LogP) is 4.54. The number of fused-ring (bicyclic) bond motifs is 1. The number of alkyl halides is 3. The van der Waals surface area contributed by atoms with Crippen LogP contribution in [-0.4, -0.2) is 30.0 Å². The van der Waals surface area contributed by atoms with Gasteiger partial charge in [0, 0.05) is 24.7 Å². The van der Waals surface area contributed by atoms with Gasteiger partial charge in [0.1, 0.15) is 5.75 Å². The largest absolute Gasteiger partial charge is 0.573 e. The molecule has 1 aromatic heterocycles. The van der Waals surface area contributed by atoms with E-state index < -0.39 is 6.36 Å². The molecule has 2 aromatic rings. The highest BCUT2D eigenvalue weighted by Gasteiger charge is 2.32. The van der Waals surface area contributed by atoms with Gasteiger partial charge in [-0.05, 0) is 37.3 Å². The van der Waals surface area contributed by atoms with Crippen molar-refractivity contribution in [3.8, 4) is 5.75 Å². The summed E-state index contributed by atoms with van der Waals surface area (Å²) in [4.78, 5) is 6.84. The van der Waals surface area contributed by atoms with Gasteiger partial charge in [0.25, 0.3) is 0 Å². The summed E-state index contributed by atoms with van der Waals surface area (Å²) in [7, 11) is 0. The van der Waals surface area contributed by atoms with E-state index in [1.165, 1.54) is 29.9 Å². The molecule has 8 heteroatoms. The molecule has 3 rings (SSSR count). The van der Waals surface area contributed by atoms with Gasteiger partial charge in [0.2, 0.25) is 0 Å². The summed E-state index contributed by atoms with van der Waals surface area (Å²) in [6.45, 7) is 4.87. The first kappa shape index (κ1) is 18.3. The van der Waals surface area contributed by atoms with Gasteiger partial charge in [-0.2, -0.15) is 0 Å². The fraction of sp³-hybridized carbons (Fsp3) is 0.588. The second kappa shape index (κ2) is 6.99. The van der Waals surface area contributed by atoms with Gasteiger partial charge in [-0.15, -0.1) is 13.2 Å². The lowest BCUT2D eigenvalue weighted by atomic mass is 9.91. The number of hydrogen-bond donors (Lipinski definition) is 1. The van der Waals surface area contributed by atoms with E-state index in [1.54, 1.807) is 6.07 Å². The summed E-state index contributed by atoms with van der Waals surface area (Å²) in [6.07, 6.45) is -1.30. The Balaban J connectivity index is 1.87. The number of anilines is 1. The Kier molecular flexibility index (Phi) is 5.11. The Bertz CT molecular complexity index is 727. The van der Waals surface area contributed by atoms with Crippen LogP contribution in [0.3, 0.4) is 0 Å². The van der Waals surface area contributed by atoms with Crippen LogP contribution in [0.4, 0.5) is 18.3 Å². The summed E-state index contributed by atoms with van der Waals surface area (Å²) in [5.74, 6) is 0.132. The van der Waals surface area contributed by atoms with Crippen molar-refractivity contribution >= 4 is 26.7 Å². The van der Waals surface area contributed by atoms with Crippen LogP contribution < -0.4 is 15.4 Å². The van der Waals surface area contributed by atoms with Gasteiger partial charge >= 0.3 is 6.36 Å². The molecule has 4 nitrogen and oxygen atoms in total. The number of nitrogens with zero attached hydrogens (tertiary/aromatic N) is 2. The molecule has 1 aromatic carbocycles. The summed E-state index contributed by atoms with van der Waals surface area (Å²) >= 11 is 1.39. The Morgan fingerprint density at radius 3 is 2.64 bits per heavy atom. The molecule has 1 saturated carbocycles. The summed E-state index contributed by atoms with van der Waals surface area (Å²) < 4.78 is 41.9. The molecule has 0 radical (unpaired) electrons. The van der Waals surface area contributed by atoms with Gasteiger partial charge < -0.3 is 15.4 Å². The van der Waals surface area contributed by atoms with Crippen molar-refractivity contribution in [1.29, 1.82) is 0 Å². The maximum atomic E-state index is 12.4. The number of rotatable bonds is 6. The number of nitrogens with two attached hydrogens (primary N) is 1. The molecule has 1 atom stereocenters. The number of hydrogen-bond acceptors (Lipinski definition) is 5. The summed E-state index contributed by atoms with van der Waals surface area (Å²) in [5.41, 5.74) is 6.93. The van der Waals surface area contributed by atoms with Crippen LogP contribution in [0, 0.1) is 5.92 Å². The quantitative estimate of drug-likeness (QED) is 0.808. The zero-order valence-corrected chi connectivity index (χ0v) is 15.0. The molecule has 2 N–H and O–H groups in total. The second-order valence-electron chi connectivity index (χ2n) is 6.82. The van der Waals surface area contributed by atoms with Crippen molar-refractivity contribution in [1.82, 2.24) is 4.98 Å². The molecule has 0 bridgehead atoms. The number of benzene rings is 1. The molecular formula is C17H22F3N3OS. The molecule has 0 saturated heterocycles. The molecule has 0 unspecified atom stereocenters. The SMILES string of the molecule is CC(C)[C@@H](N)CN(c1nc2ccc(OC(F)(F)F)cc2s1)C1CCC1. The average Bonchev–Trinajstić information content (AvgIpc) is 2.85. The van der Waals surface area contributed by atoms with E-state index in [0.717, 1.165) is 18.0 Å².